The highest BCUT2D eigenvalue weighted by molar-refractivity contribution is 5.76. The normalized spacial score (nSPS) is 15.6. The second kappa shape index (κ2) is 11.1. The molecule has 0 bridgehead atoms. The molecular formula is C25H34N2O3. The fourth-order valence-electron chi connectivity index (χ4n) is 3.85. The van der Waals surface area contributed by atoms with Gasteiger partial charge < -0.3 is 14.4 Å². The highest BCUT2D eigenvalue weighted by Gasteiger charge is 2.26. The van der Waals surface area contributed by atoms with Gasteiger partial charge in [-0.2, -0.15) is 0 Å². The summed E-state index contributed by atoms with van der Waals surface area (Å²) in [6, 6.07) is 10.1. The van der Waals surface area contributed by atoms with Crippen LogP contribution in [0, 0.1) is 19.8 Å². The lowest BCUT2D eigenvalue weighted by atomic mass is 9.97. The highest BCUT2D eigenvalue weighted by atomic mass is 16.5. The number of hydrogen-bond acceptors (Lipinski definition) is 4. The Labute approximate surface area is 180 Å². The van der Waals surface area contributed by atoms with Crippen molar-refractivity contribution in [3.63, 3.8) is 0 Å². The van der Waals surface area contributed by atoms with Crippen molar-refractivity contribution in [2.24, 2.45) is 5.92 Å². The van der Waals surface area contributed by atoms with Crippen LogP contribution in [0.15, 0.2) is 42.7 Å². The van der Waals surface area contributed by atoms with Crippen molar-refractivity contribution >= 4 is 5.91 Å². The number of carbonyl (C=O) groups excluding carboxylic acids is 1. The fourth-order valence-corrected chi connectivity index (χ4v) is 3.85. The zero-order chi connectivity index (χ0) is 21.3. The summed E-state index contributed by atoms with van der Waals surface area (Å²) in [7, 11) is 0. The predicted molar refractivity (Wildman–Crippen MR) is 119 cm³/mol. The molecule has 1 atom stereocenters. The molecule has 1 fully saturated rings. The molecule has 1 aliphatic heterocycles. The average molecular weight is 411 g/mol. The summed E-state index contributed by atoms with van der Waals surface area (Å²) < 4.78 is 11.4. The maximum Gasteiger partial charge on any atom is 0.223 e. The quantitative estimate of drug-likeness (QED) is 0.553. The monoisotopic (exact) mass is 410 g/mol. The van der Waals surface area contributed by atoms with Gasteiger partial charge in [0.1, 0.15) is 5.75 Å². The third-order valence-electron chi connectivity index (χ3n) is 6.03. The molecule has 0 unspecified atom stereocenters. The highest BCUT2D eigenvalue weighted by Crippen LogP contribution is 2.25. The Morgan fingerprint density at radius 1 is 1.23 bits per heavy atom. The number of aromatic nitrogens is 1. The smallest absolute Gasteiger partial charge is 0.223 e. The van der Waals surface area contributed by atoms with Gasteiger partial charge in [0.15, 0.2) is 0 Å². The molecule has 2 heterocycles. The number of benzene rings is 1. The lowest BCUT2D eigenvalue weighted by Gasteiger charge is -2.34. The van der Waals surface area contributed by atoms with Gasteiger partial charge in [0.2, 0.25) is 5.91 Å². The molecule has 0 N–H and O–H groups in total. The Kier molecular flexibility index (Phi) is 8.26. The topological polar surface area (TPSA) is 51.7 Å². The van der Waals surface area contributed by atoms with Crippen molar-refractivity contribution in [2.45, 2.75) is 52.5 Å². The van der Waals surface area contributed by atoms with Crippen LogP contribution >= 0.6 is 0 Å². The molecule has 1 saturated heterocycles. The summed E-state index contributed by atoms with van der Waals surface area (Å²) in [5, 5.41) is 0. The second-order valence-electron chi connectivity index (χ2n) is 8.26. The minimum Gasteiger partial charge on any atom is -0.494 e. The molecular weight excluding hydrogens is 376 g/mol. The van der Waals surface area contributed by atoms with E-state index in [1.165, 1.54) is 11.1 Å². The minimum atomic E-state index is 0.00899. The molecule has 0 radical (unpaired) electrons. The van der Waals surface area contributed by atoms with E-state index in [0.29, 0.717) is 25.4 Å². The minimum absolute atomic E-state index is 0.00899. The summed E-state index contributed by atoms with van der Waals surface area (Å²) >= 11 is 0. The zero-order valence-corrected chi connectivity index (χ0v) is 18.5. The first kappa shape index (κ1) is 22.3. The molecule has 162 valence electrons. The van der Waals surface area contributed by atoms with Crippen LogP contribution in [0.1, 0.15) is 55.3 Å². The molecule has 1 aromatic heterocycles. The van der Waals surface area contributed by atoms with Gasteiger partial charge in [-0.05, 0) is 80.8 Å². The average Bonchev–Trinajstić information content (AvgIpc) is 2.78. The molecule has 1 aromatic carbocycles. The first-order chi connectivity index (χ1) is 14.5. The van der Waals surface area contributed by atoms with Crippen molar-refractivity contribution in [1.29, 1.82) is 0 Å². The number of aryl methyl sites for hydroxylation is 2. The molecule has 30 heavy (non-hydrogen) atoms. The molecule has 0 aliphatic carbocycles. The lowest BCUT2D eigenvalue weighted by molar-refractivity contribution is -0.135. The molecule has 3 rings (SSSR count). The SMILES string of the molecule is Cc1ccc(OCCCC(=O)N(CC2CCOCC2)[C@H](C)c2cccnc2)cc1C. The van der Waals surface area contributed by atoms with E-state index in [2.05, 4.69) is 37.9 Å². The van der Waals surface area contributed by atoms with Crippen molar-refractivity contribution < 1.29 is 14.3 Å². The van der Waals surface area contributed by atoms with Crippen molar-refractivity contribution in [3.8, 4) is 5.75 Å². The van der Waals surface area contributed by atoms with Crippen LogP contribution in [0.4, 0.5) is 0 Å². The van der Waals surface area contributed by atoms with Gasteiger partial charge in [-0.15, -0.1) is 0 Å². The van der Waals surface area contributed by atoms with Crippen LogP contribution in [0.2, 0.25) is 0 Å². The lowest BCUT2D eigenvalue weighted by Crippen LogP contribution is -2.39. The Balaban J connectivity index is 1.57. The second-order valence-corrected chi connectivity index (χ2v) is 8.26. The van der Waals surface area contributed by atoms with E-state index in [9.17, 15) is 4.79 Å². The first-order valence-electron chi connectivity index (χ1n) is 11.0. The van der Waals surface area contributed by atoms with Crippen LogP contribution in [0.3, 0.4) is 0 Å². The van der Waals surface area contributed by atoms with E-state index in [4.69, 9.17) is 9.47 Å². The van der Waals surface area contributed by atoms with E-state index in [1.807, 2.05) is 29.3 Å². The Bertz CT molecular complexity index is 803. The van der Waals surface area contributed by atoms with Crippen LogP contribution < -0.4 is 4.74 Å². The summed E-state index contributed by atoms with van der Waals surface area (Å²) in [5.74, 6) is 1.54. The van der Waals surface area contributed by atoms with Crippen LogP contribution in [0.25, 0.3) is 0 Å². The van der Waals surface area contributed by atoms with E-state index in [1.54, 1.807) is 6.20 Å². The molecule has 5 heteroatoms. The van der Waals surface area contributed by atoms with Gasteiger partial charge in [0.25, 0.3) is 0 Å². The summed E-state index contributed by atoms with van der Waals surface area (Å²) in [4.78, 5) is 19.4. The Hall–Kier alpha value is -2.40. The number of nitrogens with zero attached hydrogens (tertiary/aromatic N) is 2. The van der Waals surface area contributed by atoms with Gasteiger partial charge in [-0.1, -0.05) is 12.1 Å². The molecule has 1 aliphatic rings. The summed E-state index contributed by atoms with van der Waals surface area (Å²) in [6.07, 6.45) is 6.84. The maximum atomic E-state index is 13.2. The van der Waals surface area contributed by atoms with Crippen LogP contribution in [-0.4, -0.2) is 42.2 Å². The molecule has 0 saturated carbocycles. The third kappa shape index (κ3) is 6.30. The van der Waals surface area contributed by atoms with Gasteiger partial charge in [-0.25, -0.2) is 0 Å². The third-order valence-corrected chi connectivity index (χ3v) is 6.03. The van der Waals surface area contributed by atoms with Crippen LogP contribution in [0.5, 0.6) is 5.75 Å². The number of carbonyl (C=O) groups is 1. The number of hydrogen-bond donors (Lipinski definition) is 0. The Morgan fingerprint density at radius 3 is 2.73 bits per heavy atom. The maximum absolute atomic E-state index is 13.2. The molecule has 0 spiro atoms. The number of ether oxygens (including phenoxy) is 2. The van der Waals surface area contributed by atoms with E-state index in [0.717, 1.165) is 43.9 Å². The number of amides is 1. The molecule has 5 nitrogen and oxygen atoms in total. The van der Waals surface area contributed by atoms with E-state index < -0.39 is 0 Å². The van der Waals surface area contributed by atoms with Gasteiger partial charge in [-0.3, -0.25) is 9.78 Å². The van der Waals surface area contributed by atoms with Gasteiger partial charge in [0.05, 0.1) is 12.6 Å². The van der Waals surface area contributed by atoms with Crippen molar-refractivity contribution in [1.82, 2.24) is 9.88 Å². The number of pyridine rings is 1. The first-order valence-corrected chi connectivity index (χ1v) is 11.0. The van der Waals surface area contributed by atoms with E-state index in [-0.39, 0.29) is 11.9 Å². The Morgan fingerprint density at radius 2 is 2.03 bits per heavy atom. The fraction of sp³-hybridized carbons (Fsp3) is 0.520. The van der Waals surface area contributed by atoms with Gasteiger partial charge >= 0.3 is 0 Å². The standard InChI is InChI=1S/C25H34N2O3/c1-19-8-9-24(16-20(19)2)30-13-5-7-25(28)27(18-22-10-14-29-15-11-22)21(3)23-6-4-12-26-17-23/h4,6,8-9,12,16-17,21-22H,5,7,10-11,13-15,18H2,1-3H3/t21-/m1/s1. The van der Waals surface area contributed by atoms with Gasteiger partial charge in [0, 0.05) is 38.6 Å². The molecule has 1 amide bonds. The largest absolute Gasteiger partial charge is 0.494 e. The predicted octanol–water partition coefficient (Wildman–Crippen LogP) is 4.87. The van der Waals surface area contributed by atoms with Crippen molar-refractivity contribution in [2.75, 3.05) is 26.4 Å². The van der Waals surface area contributed by atoms with Crippen LogP contribution in [-0.2, 0) is 9.53 Å². The zero-order valence-electron chi connectivity index (χ0n) is 18.5. The summed E-state index contributed by atoms with van der Waals surface area (Å²) in [6.45, 7) is 9.17. The summed E-state index contributed by atoms with van der Waals surface area (Å²) in [5.41, 5.74) is 3.55. The number of rotatable bonds is 9. The molecule has 2 aromatic rings. The van der Waals surface area contributed by atoms with E-state index >= 15 is 0 Å². The van der Waals surface area contributed by atoms with Crippen molar-refractivity contribution in [3.05, 3.63) is 59.4 Å².